The van der Waals surface area contributed by atoms with Crippen LogP contribution in [0.4, 0.5) is 0 Å². The Morgan fingerprint density at radius 2 is 1.85 bits per heavy atom. The molecule has 0 unspecified atom stereocenters. The van der Waals surface area contributed by atoms with E-state index in [1.165, 1.54) is 21.9 Å². The molecule has 0 amide bonds. The molecule has 0 N–H and O–H groups in total. The van der Waals surface area contributed by atoms with Gasteiger partial charge >= 0.3 is 0 Å². The van der Waals surface area contributed by atoms with Crippen LogP contribution in [0.3, 0.4) is 0 Å². The van der Waals surface area contributed by atoms with E-state index in [0.717, 1.165) is 6.42 Å². The first-order chi connectivity index (χ1) is 6.33. The van der Waals surface area contributed by atoms with Gasteiger partial charge in [-0.3, -0.25) is 0 Å². The predicted octanol–water partition coefficient (Wildman–Crippen LogP) is 3.58. The fraction of sp³-hybridized carbons (Fsp3) is 0.154. The molecule has 0 saturated heterocycles. The molecule has 0 aliphatic carbocycles. The van der Waals surface area contributed by atoms with Gasteiger partial charge in [-0.05, 0) is 35.2 Å². The second-order valence-corrected chi connectivity index (χ2v) is 3.28. The summed E-state index contributed by atoms with van der Waals surface area (Å²) in [4.78, 5) is 0. The normalized spacial score (nSPS) is 10.6. The molecule has 0 fully saturated rings. The molecule has 1 radical (unpaired) electrons. The lowest BCUT2D eigenvalue weighted by Gasteiger charge is -2.06. The van der Waals surface area contributed by atoms with E-state index in [2.05, 4.69) is 50.2 Å². The van der Waals surface area contributed by atoms with Crippen LogP contribution in [-0.2, 0) is 6.42 Å². The van der Waals surface area contributed by atoms with Gasteiger partial charge in [-0.25, -0.2) is 0 Å². The molecule has 0 aliphatic heterocycles. The van der Waals surface area contributed by atoms with Gasteiger partial charge in [0.2, 0.25) is 0 Å². The summed E-state index contributed by atoms with van der Waals surface area (Å²) in [6, 6.07) is 12.7. The second-order valence-electron chi connectivity index (χ2n) is 3.28. The van der Waals surface area contributed by atoms with Crippen molar-refractivity contribution in [1.29, 1.82) is 0 Å². The van der Waals surface area contributed by atoms with Crippen molar-refractivity contribution in [1.82, 2.24) is 0 Å². The van der Waals surface area contributed by atoms with Crippen molar-refractivity contribution in [2.75, 3.05) is 0 Å². The Kier molecular flexibility index (Phi) is 2.05. The van der Waals surface area contributed by atoms with Gasteiger partial charge in [0, 0.05) is 0 Å². The van der Waals surface area contributed by atoms with E-state index < -0.39 is 0 Å². The van der Waals surface area contributed by atoms with E-state index in [0.29, 0.717) is 0 Å². The summed E-state index contributed by atoms with van der Waals surface area (Å²) in [5, 5.41) is 2.56. The Morgan fingerprint density at radius 3 is 2.62 bits per heavy atom. The van der Waals surface area contributed by atoms with E-state index in [1.54, 1.807) is 0 Å². The third kappa shape index (κ3) is 1.33. The molecule has 0 spiro atoms. The lowest BCUT2D eigenvalue weighted by molar-refractivity contribution is 1.13. The predicted molar refractivity (Wildman–Crippen MR) is 57.8 cm³/mol. The van der Waals surface area contributed by atoms with E-state index in [4.69, 9.17) is 0 Å². The first kappa shape index (κ1) is 8.31. The molecular formula is C13H13. The van der Waals surface area contributed by atoms with Crippen molar-refractivity contribution in [3.63, 3.8) is 0 Å². The van der Waals surface area contributed by atoms with Crippen LogP contribution in [0.5, 0.6) is 0 Å². The maximum Gasteiger partial charge on any atom is -0.0149 e. The van der Waals surface area contributed by atoms with Crippen LogP contribution in [0.1, 0.15) is 18.1 Å². The molecule has 2 rings (SSSR count). The van der Waals surface area contributed by atoms with Crippen LogP contribution < -0.4 is 0 Å². The molecule has 0 nitrogen and oxygen atoms in total. The van der Waals surface area contributed by atoms with Crippen molar-refractivity contribution in [2.24, 2.45) is 0 Å². The minimum absolute atomic E-state index is 1.06. The molecule has 0 aliphatic rings. The average Bonchev–Trinajstić information content (AvgIpc) is 2.19. The van der Waals surface area contributed by atoms with Gasteiger partial charge in [0.25, 0.3) is 0 Å². The van der Waals surface area contributed by atoms with E-state index in [1.807, 2.05) is 0 Å². The van der Waals surface area contributed by atoms with Gasteiger partial charge < -0.3 is 0 Å². The summed E-state index contributed by atoms with van der Waals surface area (Å²) in [7, 11) is 0. The highest BCUT2D eigenvalue weighted by Gasteiger charge is 2.00. The molecule has 0 heterocycles. The zero-order chi connectivity index (χ0) is 9.26. The van der Waals surface area contributed by atoms with E-state index in [9.17, 15) is 0 Å². The molecule has 65 valence electrons. The average molecular weight is 169 g/mol. The van der Waals surface area contributed by atoms with Crippen LogP contribution in [0.15, 0.2) is 36.4 Å². The van der Waals surface area contributed by atoms with Crippen LogP contribution in [0, 0.1) is 6.92 Å². The minimum Gasteiger partial charge on any atom is -0.0616 e. The lowest BCUT2D eigenvalue weighted by atomic mass is 9.99. The van der Waals surface area contributed by atoms with Gasteiger partial charge in [-0.1, -0.05) is 43.3 Å². The molecule has 13 heavy (non-hydrogen) atoms. The number of rotatable bonds is 1. The van der Waals surface area contributed by atoms with Gasteiger partial charge in [-0.2, -0.15) is 0 Å². The maximum absolute atomic E-state index is 4.12. The zero-order valence-corrected chi connectivity index (χ0v) is 7.88. The summed E-state index contributed by atoms with van der Waals surface area (Å²) >= 11 is 0. The molecule has 0 bridgehead atoms. The Bertz CT molecular complexity index is 427. The van der Waals surface area contributed by atoms with Crippen molar-refractivity contribution in [3.05, 3.63) is 54.4 Å². The fourth-order valence-electron chi connectivity index (χ4n) is 1.71. The quantitative estimate of drug-likeness (QED) is 0.612. The molecule has 0 heteroatoms. The van der Waals surface area contributed by atoms with Gasteiger partial charge in [-0.15, -0.1) is 0 Å². The summed E-state index contributed by atoms with van der Waals surface area (Å²) in [5.74, 6) is 0. The smallest absolute Gasteiger partial charge is 0.0149 e. The number of fused-ring (bicyclic) bond motifs is 1. The summed E-state index contributed by atoms with van der Waals surface area (Å²) < 4.78 is 0. The molecular weight excluding hydrogens is 156 g/mol. The first-order valence-corrected chi connectivity index (χ1v) is 4.65. The van der Waals surface area contributed by atoms with Crippen LogP contribution >= 0.6 is 0 Å². The van der Waals surface area contributed by atoms with Gasteiger partial charge in [0.15, 0.2) is 0 Å². The zero-order valence-electron chi connectivity index (χ0n) is 7.88. The van der Waals surface area contributed by atoms with Gasteiger partial charge in [0.1, 0.15) is 0 Å². The van der Waals surface area contributed by atoms with Gasteiger partial charge in [0.05, 0.1) is 0 Å². The molecule has 0 atom stereocenters. The highest BCUT2D eigenvalue weighted by molar-refractivity contribution is 5.87. The topological polar surface area (TPSA) is 0 Å². The summed E-state index contributed by atoms with van der Waals surface area (Å²) in [6.45, 7) is 6.28. The second kappa shape index (κ2) is 3.21. The Labute approximate surface area is 79.2 Å². The Morgan fingerprint density at radius 1 is 1.08 bits per heavy atom. The van der Waals surface area contributed by atoms with Crippen LogP contribution in [0.25, 0.3) is 10.8 Å². The Hall–Kier alpha value is -1.30. The highest BCUT2D eigenvalue weighted by Crippen LogP contribution is 2.21. The fourth-order valence-corrected chi connectivity index (χ4v) is 1.71. The first-order valence-electron chi connectivity index (χ1n) is 4.65. The third-order valence-corrected chi connectivity index (χ3v) is 2.52. The minimum atomic E-state index is 1.06. The Balaban J connectivity index is 2.79. The van der Waals surface area contributed by atoms with Crippen molar-refractivity contribution >= 4 is 10.8 Å². The van der Waals surface area contributed by atoms with Crippen molar-refractivity contribution in [3.8, 4) is 0 Å². The number of aryl methyl sites for hydroxylation is 1. The maximum atomic E-state index is 4.12. The molecule has 0 saturated carbocycles. The van der Waals surface area contributed by atoms with Crippen molar-refractivity contribution < 1.29 is 0 Å². The van der Waals surface area contributed by atoms with Crippen molar-refractivity contribution in [2.45, 2.75) is 13.3 Å². The molecule has 2 aromatic carbocycles. The van der Waals surface area contributed by atoms with Crippen LogP contribution in [-0.4, -0.2) is 0 Å². The monoisotopic (exact) mass is 169 g/mol. The number of hydrogen-bond acceptors (Lipinski definition) is 0. The third-order valence-electron chi connectivity index (χ3n) is 2.52. The molecule has 0 aromatic heterocycles. The lowest BCUT2D eigenvalue weighted by Crippen LogP contribution is -1.87. The molecule has 2 aromatic rings. The summed E-state index contributed by atoms with van der Waals surface area (Å²) in [5.41, 5.74) is 2.53. The number of benzene rings is 2. The van der Waals surface area contributed by atoms with E-state index in [-0.39, 0.29) is 0 Å². The van der Waals surface area contributed by atoms with Crippen LogP contribution in [0.2, 0.25) is 0 Å². The largest absolute Gasteiger partial charge is 0.0616 e. The highest BCUT2D eigenvalue weighted by atomic mass is 14.0. The summed E-state index contributed by atoms with van der Waals surface area (Å²) in [6.07, 6.45) is 1.06. The number of hydrogen-bond donors (Lipinski definition) is 0. The standard InChI is InChI=1S/C13H13/c1-3-11-8-9-12-6-4-5-7-13(12)10(11)2/h4-9H,2-3H2,1H3. The van der Waals surface area contributed by atoms with E-state index >= 15 is 0 Å². The SMILES string of the molecule is [CH2]c1c(CC)ccc2ccccc12.